The van der Waals surface area contributed by atoms with Crippen LogP contribution in [0.1, 0.15) is 5.56 Å². The second kappa shape index (κ2) is 4.64. The van der Waals surface area contributed by atoms with Crippen LogP contribution in [0.3, 0.4) is 0 Å². The van der Waals surface area contributed by atoms with Crippen molar-refractivity contribution in [2.75, 3.05) is 11.1 Å². The second-order valence-electron chi connectivity index (χ2n) is 4.55. The number of nitrogens with two attached hydrogens (primary N) is 1. The first-order chi connectivity index (χ1) is 9.54. The van der Waals surface area contributed by atoms with Crippen molar-refractivity contribution in [1.82, 2.24) is 19.7 Å². The van der Waals surface area contributed by atoms with Gasteiger partial charge in [0.15, 0.2) is 11.5 Å². The van der Waals surface area contributed by atoms with E-state index in [9.17, 15) is 0 Å². The lowest BCUT2D eigenvalue weighted by atomic mass is 10.2. The van der Waals surface area contributed by atoms with E-state index in [-0.39, 0.29) is 5.28 Å². The zero-order valence-corrected chi connectivity index (χ0v) is 11.8. The number of hydrogen-bond donors (Lipinski definition) is 2. The molecule has 2 aromatic heterocycles. The Morgan fingerprint density at radius 1 is 1.35 bits per heavy atom. The van der Waals surface area contributed by atoms with Crippen molar-refractivity contribution in [1.29, 1.82) is 0 Å². The van der Waals surface area contributed by atoms with Crippen LogP contribution < -0.4 is 11.1 Å². The summed E-state index contributed by atoms with van der Waals surface area (Å²) in [6.45, 7) is 2.00. The highest BCUT2D eigenvalue weighted by Crippen LogP contribution is 2.27. The number of fused-ring (bicyclic) bond motifs is 1. The number of aryl methyl sites for hydroxylation is 2. The summed E-state index contributed by atoms with van der Waals surface area (Å²) in [5, 5.41) is 8.67. The molecule has 0 atom stereocenters. The van der Waals surface area contributed by atoms with Crippen LogP contribution in [0, 0.1) is 6.92 Å². The van der Waals surface area contributed by atoms with Crippen LogP contribution in [0.5, 0.6) is 0 Å². The molecule has 0 spiro atoms. The quantitative estimate of drug-likeness (QED) is 0.559. The minimum absolute atomic E-state index is 0.201. The summed E-state index contributed by atoms with van der Waals surface area (Å²) in [6, 6.07) is 5.68. The topological polar surface area (TPSA) is 81.6 Å². The highest BCUT2D eigenvalue weighted by Gasteiger charge is 2.12. The fourth-order valence-electron chi connectivity index (χ4n) is 2.01. The molecule has 3 aromatic rings. The minimum Gasteiger partial charge on any atom is -0.399 e. The Labute approximate surface area is 120 Å². The molecule has 0 aliphatic rings. The number of benzene rings is 1. The van der Waals surface area contributed by atoms with E-state index in [2.05, 4.69) is 20.4 Å². The summed E-state index contributed by atoms with van der Waals surface area (Å²) in [7, 11) is 1.81. The lowest BCUT2D eigenvalue weighted by molar-refractivity contribution is 0.789. The van der Waals surface area contributed by atoms with Gasteiger partial charge >= 0.3 is 0 Å². The van der Waals surface area contributed by atoms with Gasteiger partial charge in [-0.25, -0.2) is 9.67 Å². The van der Waals surface area contributed by atoms with Gasteiger partial charge in [-0.3, -0.25) is 0 Å². The van der Waals surface area contributed by atoms with Crippen LogP contribution in [-0.2, 0) is 7.05 Å². The van der Waals surface area contributed by atoms with Crippen molar-refractivity contribution in [2.24, 2.45) is 7.05 Å². The fraction of sp³-hybridized carbons (Fsp3) is 0.154. The van der Waals surface area contributed by atoms with Crippen molar-refractivity contribution < 1.29 is 0 Å². The fourth-order valence-corrected chi connectivity index (χ4v) is 2.14. The molecule has 6 nitrogen and oxygen atoms in total. The molecule has 0 radical (unpaired) electrons. The van der Waals surface area contributed by atoms with Crippen molar-refractivity contribution >= 4 is 39.8 Å². The Balaban J connectivity index is 2.09. The lowest BCUT2D eigenvalue weighted by Crippen LogP contribution is -1.97. The van der Waals surface area contributed by atoms with Crippen LogP contribution in [-0.4, -0.2) is 19.7 Å². The Morgan fingerprint density at radius 3 is 2.95 bits per heavy atom. The van der Waals surface area contributed by atoms with E-state index in [1.54, 1.807) is 10.9 Å². The molecule has 0 saturated carbocycles. The average molecular weight is 289 g/mol. The van der Waals surface area contributed by atoms with Gasteiger partial charge in [-0.2, -0.15) is 10.1 Å². The molecule has 0 fully saturated rings. The first-order valence-corrected chi connectivity index (χ1v) is 6.41. The molecule has 3 N–H and O–H groups in total. The van der Waals surface area contributed by atoms with Crippen LogP contribution in [0.15, 0.2) is 24.4 Å². The van der Waals surface area contributed by atoms with E-state index in [0.717, 1.165) is 16.6 Å². The highest BCUT2D eigenvalue weighted by molar-refractivity contribution is 6.28. The number of hydrogen-bond acceptors (Lipinski definition) is 5. The van der Waals surface area contributed by atoms with E-state index in [0.29, 0.717) is 17.2 Å². The molecule has 0 aliphatic heterocycles. The van der Waals surface area contributed by atoms with Gasteiger partial charge in [0.1, 0.15) is 0 Å². The maximum Gasteiger partial charge on any atom is 0.224 e. The normalized spacial score (nSPS) is 10.9. The van der Waals surface area contributed by atoms with Crippen molar-refractivity contribution in [3.63, 3.8) is 0 Å². The monoisotopic (exact) mass is 288 g/mol. The Bertz CT molecular complexity index is 795. The highest BCUT2D eigenvalue weighted by atomic mass is 35.5. The third kappa shape index (κ3) is 2.14. The largest absolute Gasteiger partial charge is 0.399 e. The zero-order valence-electron chi connectivity index (χ0n) is 11.1. The molecule has 0 bridgehead atoms. The first kappa shape index (κ1) is 12.7. The van der Waals surface area contributed by atoms with Crippen molar-refractivity contribution in [3.8, 4) is 0 Å². The summed E-state index contributed by atoms with van der Waals surface area (Å²) in [5.74, 6) is 0.674. The smallest absolute Gasteiger partial charge is 0.224 e. The molecule has 102 valence electrons. The lowest BCUT2D eigenvalue weighted by Gasteiger charge is -2.08. The van der Waals surface area contributed by atoms with Crippen LogP contribution in [0.4, 0.5) is 17.2 Å². The number of aromatic nitrogens is 4. The molecular formula is C13H13ClN6. The van der Waals surface area contributed by atoms with Gasteiger partial charge in [0.2, 0.25) is 5.28 Å². The molecule has 2 heterocycles. The second-order valence-corrected chi connectivity index (χ2v) is 4.89. The van der Waals surface area contributed by atoms with Gasteiger partial charge in [-0.15, -0.1) is 0 Å². The molecule has 20 heavy (non-hydrogen) atoms. The maximum absolute atomic E-state index is 5.81. The van der Waals surface area contributed by atoms with Crippen LogP contribution in [0.2, 0.25) is 5.28 Å². The summed E-state index contributed by atoms with van der Waals surface area (Å²) in [6.07, 6.45) is 1.65. The minimum atomic E-state index is 0.201. The molecule has 0 saturated heterocycles. The van der Waals surface area contributed by atoms with Crippen LogP contribution in [0.25, 0.3) is 11.0 Å². The average Bonchev–Trinajstić information content (AvgIpc) is 2.70. The van der Waals surface area contributed by atoms with Gasteiger partial charge in [0.05, 0.1) is 5.39 Å². The van der Waals surface area contributed by atoms with Gasteiger partial charge in [-0.1, -0.05) is 6.07 Å². The SMILES string of the molecule is Cc1ccc(N)cc1Nc1nn(C)c2nc(Cl)ncc12. The predicted molar refractivity (Wildman–Crippen MR) is 80.2 cm³/mol. The molecule has 1 aromatic carbocycles. The number of nitrogens with one attached hydrogen (secondary N) is 1. The Morgan fingerprint density at radius 2 is 2.15 bits per heavy atom. The van der Waals surface area contributed by atoms with Gasteiger partial charge in [0, 0.05) is 24.6 Å². The molecule has 0 aliphatic carbocycles. The van der Waals surface area contributed by atoms with E-state index in [1.165, 1.54) is 0 Å². The van der Waals surface area contributed by atoms with E-state index < -0.39 is 0 Å². The number of nitrogens with zero attached hydrogens (tertiary/aromatic N) is 4. The van der Waals surface area contributed by atoms with Gasteiger partial charge < -0.3 is 11.1 Å². The first-order valence-electron chi connectivity index (χ1n) is 6.03. The Hall–Kier alpha value is -2.34. The van der Waals surface area contributed by atoms with Crippen molar-refractivity contribution in [3.05, 3.63) is 35.2 Å². The van der Waals surface area contributed by atoms with Gasteiger partial charge in [-0.05, 0) is 36.2 Å². The summed E-state index contributed by atoms with van der Waals surface area (Å²) >= 11 is 5.81. The van der Waals surface area contributed by atoms with Gasteiger partial charge in [0.25, 0.3) is 0 Å². The number of anilines is 3. The van der Waals surface area contributed by atoms with Crippen molar-refractivity contribution in [2.45, 2.75) is 6.92 Å². The number of rotatable bonds is 2. The summed E-state index contributed by atoms with van der Waals surface area (Å²) in [4.78, 5) is 8.17. The molecule has 3 rings (SSSR count). The summed E-state index contributed by atoms with van der Waals surface area (Å²) < 4.78 is 1.66. The zero-order chi connectivity index (χ0) is 14.3. The summed E-state index contributed by atoms with van der Waals surface area (Å²) in [5.41, 5.74) is 9.16. The van der Waals surface area contributed by atoms with E-state index in [1.807, 2.05) is 32.2 Å². The van der Waals surface area contributed by atoms with E-state index >= 15 is 0 Å². The molecular weight excluding hydrogens is 276 g/mol. The number of halogens is 1. The molecule has 7 heteroatoms. The number of nitrogen functional groups attached to an aromatic ring is 1. The standard InChI is InChI=1S/C13H13ClN6/c1-7-3-4-8(15)5-10(7)17-11-9-6-16-13(14)18-12(9)20(2)19-11/h3-6H,15H2,1-2H3,(H,17,19). The third-order valence-corrected chi connectivity index (χ3v) is 3.25. The predicted octanol–water partition coefficient (Wildman–Crippen LogP) is 2.65. The molecule has 0 amide bonds. The van der Waals surface area contributed by atoms with E-state index in [4.69, 9.17) is 17.3 Å². The van der Waals surface area contributed by atoms with Crippen LogP contribution >= 0.6 is 11.6 Å². The molecule has 0 unspecified atom stereocenters. The third-order valence-electron chi connectivity index (χ3n) is 3.07. The Kier molecular flexibility index (Phi) is 2.94. The maximum atomic E-state index is 5.81.